The summed E-state index contributed by atoms with van der Waals surface area (Å²) >= 11 is 0. The van der Waals surface area contributed by atoms with Crippen molar-refractivity contribution >= 4 is 5.91 Å². The van der Waals surface area contributed by atoms with Gasteiger partial charge in [0.05, 0.1) is 11.8 Å². The van der Waals surface area contributed by atoms with Crippen LogP contribution in [0.1, 0.15) is 57.7 Å². The molecule has 1 saturated heterocycles. The number of hydrogen-bond donors (Lipinski definition) is 0. The number of carbonyl (C=O) groups excluding carboxylic acids is 1. The first-order valence-corrected chi connectivity index (χ1v) is 11.2. The molecule has 5 nitrogen and oxygen atoms in total. The van der Waals surface area contributed by atoms with Crippen LogP contribution in [0.3, 0.4) is 0 Å². The molecule has 0 saturated carbocycles. The van der Waals surface area contributed by atoms with Gasteiger partial charge in [-0.1, -0.05) is 30.3 Å². The molecule has 0 radical (unpaired) electrons. The Kier molecular flexibility index (Phi) is 6.16. The Labute approximate surface area is 196 Å². The number of amides is 1. The fourth-order valence-electron chi connectivity index (χ4n) is 4.29. The van der Waals surface area contributed by atoms with Crippen LogP contribution in [0.4, 0.5) is 8.78 Å². The molecule has 0 aliphatic carbocycles. The third-order valence-corrected chi connectivity index (χ3v) is 6.06. The zero-order valence-corrected chi connectivity index (χ0v) is 18.5. The number of benzene rings is 2. The number of rotatable bonds is 6. The fourth-order valence-corrected chi connectivity index (χ4v) is 4.29. The van der Waals surface area contributed by atoms with Gasteiger partial charge in [-0.05, 0) is 54.3 Å². The summed E-state index contributed by atoms with van der Waals surface area (Å²) in [5, 5.41) is 0. The second kappa shape index (κ2) is 9.55. The number of aromatic nitrogens is 2. The molecule has 2 aromatic carbocycles. The fraction of sp³-hybridized carbons (Fsp3) is 0.222. The third-order valence-electron chi connectivity index (χ3n) is 6.06. The summed E-state index contributed by atoms with van der Waals surface area (Å²) in [6, 6.07) is 16.1. The molecular formula is C27H23F2N3O2. The van der Waals surface area contributed by atoms with Crippen molar-refractivity contribution in [2.45, 2.75) is 31.7 Å². The zero-order valence-electron chi connectivity index (χ0n) is 18.5. The van der Waals surface area contributed by atoms with E-state index in [4.69, 9.17) is 4.42 Å². The number of nitrogens with zero attached hydrogens (tertiary/aromatic N) is 3. The molecule has 0 N–H and O–H groups in total. The minimum atomic E-state index is -0.281. The van der Waals surface area contributed by atoms with E-state index in [0.717, 1.165) is 18.4 Å². The van der Waals surface area contributed by atoms with Crippen molar-refractivity contribution in [3.63, 3.8) is 0 Å². The molecule has 1 amide bonds. The van der Waals surface area contributed by atoms with Gasteiger partial charge in [0.1, 0.15) is 23.4 Å². The molecule has 1 aliphatic heterocycles. The highest BCUT2D eigenvalue weighted by molar-refractivity contribution is 5.94. The van der Waals surface area contributed by atoms with Crippen molar-refractivity contribution in [2.24, 2.45) is 0 Å². The highest BCUT2D eigenvalue weighted by Crippen LogP contribution is 2.33. The van der Waals surface area contributed by atoms with E-state index >= 15 is 0 Å². The van der Waals surface area contributed by atoms with Crippen molar-refractivity contribution in [3.05, 3.63) is 119 Å². The smallest absolute Gasteiger partial charge is 0.256 e. The average molecular weight is 459 g/mol. The molecule has 5 rings (SSSR count). The Hall–Kier alpha value is -3.87. The van der Waals surface area contributed by atoms with Crippen LogP contribution in [0, 0.1) is 11.6 Å². The molecule has 34 heavy (non-hydrogen) atoms. The number of oxazole rings is 1. The summed E-state index contributed by atoms with van der Waals surface area (Å²) in [4.78, 5) is 23.8. The Morgan fingerprint density at radius 3 is 2.56 bits per heavy atom. The van der Waals surface area contributed by atoms with Crippen molar-refractivity contribution < 1.29 is 18.0 Å². The van der Waals surface area contributed by atoms with Crippen LogP contribution >= 0.6 is 0 Å². The molecule has 7 heteroatoms. The van der Waals surface area contributed by atoms with E-state index in [9.17, 15) is 13.6 Å². The normalized spacial score (nSPS) is 15.6. The Balaban J connectivity index is 1.27. The molecule has 172 valence electrons. The summed E-state index contributed by atoms with van der Waals surface area (Å²) in [7, 11) is 0. The minimum absolute atomic E-state index is 0.134. The first kappa shape index (κ1) is 21.9. The molecule has 1 atom stereocenters. The summed E-state index contributed by atoms with van der Waals surface area (Å²) in [6.45, 7) is 0.607. The number of pyridine rings is 1. The average Bonchev–Trinajstić information content (AvgIpc) is 3.52. The van der Waals surface area contributed by atoms with Gasteiger partial charge in [-0.2, -0.15) is 0 Å². The van der Waals surface area contributed by atoms with E-state index < -0.39 is 0 Å². The van der Waals surface area contributed by atoms with E-state index in [1.165, 1.54) is 18.2 Å². The topological polar surface area (TPSA) is 59.2 Å². The lowest BCUT2D eigenvalue weighted by Crippen LogP contribution is -2.30. The van der Waals surface area contributed by atoms with E-state index in [-0.39, 0.29) is 23.6 Å². The van der Waals surface area contributed by atoms with Gasteiger partial charge in [0.25, 0.3) is 5.91 Å². The number of carbonyl (C=O) groups is 1. The van der Waals surface area contributed by atoms with Gasteiger partial charge in [-0.3, -0.25) is 9.78 Å². The zero-order chi connectivity index (χ0) is 23.5. The lowest BCUT2D eigenvalue weighted by molar-refractivity contribution is 0.0714. The van der Waals surface area contributed by atoms with Gasteiger partial charge in [0.2, 0.25) is 5.89 Å². The van der Waals surface area contributed by atoms with Crippen molar-refractivity contribution in [1.29, 1.82) is 0 Å². The van der Waals surface area contributed by atoms with Gasteiger partial charge in [0, 0.05) is 31.3 Å². The van der Waals surface area contributed by atoms with Gasteiger partial charge in [-0.25, -0.2) is 13.8 Å². The van der Waals surface area contributed by atoms with Crippen LogP contribution < -0.4 is 0 Å². The number of hydrogen-bond acceptors (Lipinski definition) is 4. The molecule has 1 fully saturated rings. The highest BCUT2D eigenvalue weighted by Gasteiger charge is 2.34. The Morgan fingerprint density at radius 2 is 1.79 bits per heavy atom. The Morgan fingerprint density at radius 1 is 0.971 bits per heavy atom. The first-order chi connectivity index (χ1) is 16.6. The lowest BCUT2D eigenvalue weighted by Gasteiger charge is -2.22. The molecule has 0 spiro atoms. The van der Waals surface area contributed by atoms with Crippen molar-refractivity contribution in [2.75, 3.05) is 6.54 Å². The summed E-state index contributed by atoms with van der Waals surface area (Å²) < 4.78 is 33.0. The second-order valence-corrected chi connectivity index (χ2v) is 8.43. The van der Waals surface area contributed by atoms with Crippen LogP contribution in [0.5, 0.6) is 0 Å². The van der Waals surface area contributed by atoms with Gasteiger partial charge < -0.3 is 9.32 Å². The maximum absolute atomic E-state index is 13.9. The SMILES string of the molecule is O=C(c1ccc(Cc2ccccc2F)nc1)N1CCC[C@H]1c1ncc(Cc2ccc(F)cc2)o1. The molecule has 1 aliphatic rings. The van der Waals surface area contributed by atoms with E-state index in [1.54, 1.807) is 59.8 Å². The van der Waals surface area contributed by atoms with Crippen molar-refractivity contribution in [1.82, 2.24) is 14.9 Å². The summed E-state index contributed by atoms with van der Waals surface area (Å²) in [5.41, 5.74) is 2.65. The summed E-state index contributed by atoms with van der Waals surface area (Å²) in [6.07, 6.45) is 5.69. The molecule has 3 heterocycles. The number of likely N-dealkylation sites (tertiary alicyclic amines) is 1. The van der Waals surface area contributed by atoms with Gasteiger partial charge in [-0.15, -0.1) is 0 Å². The third kappa shape index (κ3) is 4.73. The van der Waals surface area contributed by atoms with Crippen LogP contribution in [0.25, 0.3) is 0 Å². The van der Waals surface area contributed by atoms with Gasteiger partial charge in [0.15, 0.2) is 0 Å². The van der Waals surface area contributed by atoms with Crippen LogP contribution in [-0.2, 0) is 12.8 Å². The van der Waals surface area contributed by atoms with Crippen LogP contribution in [0.15, 0.2) is 77.5 Å². The quantitative estimate of drug-likeness (QED) is 0.382. The largest absolute Gasteiger partial charge is 0.443 e. The first-order valence-electron chi connectivity index (χ1n) is 11.2. The predicted molar refractivity (Wildman–Crippen MR) is 122 cm³/mol. The van der Waals surface area contributed by atoms with Crippen LogP contribution in [-0.4, -0.2) is 27.3 Å². The Bertz CT molecular complexity index is 1290. The second-order valence-electron chi connectivity index (χ2n) is 8.43. The number of halogens is 2. The molecule has 4 aromatic rings. The summed E-state index contributed by atoms with van der Waals surface area (Å²) in [5.74, 6) is 0.490. The standard InChI is InChI=1S/C27H23F2N3O2/c28-21-10-7-18(8-11-21)14-23-17-31-26(34-23)25-6-3-13-32(25)27(33)20-9-12-22(30-16-20)15-19-4-1-2-5-24(19)29/h1-2,4-5,7-12,16-17,25H,3,6,13-15H2/t25-/m0/s1. The molecule has 0 bridgehead atoms. The molecule has 0 unspecified atom stereocenters. The predicted octanol–water partition coefficient (Wildman–Crippen LogP) is 5.51. The molecular weight excluding hydrogens is 436 g/mol. The van der Waals surface area contributed by atoms with Crippen molar-refractivity contribution in [3.8, 4) is 0 Å². The van der Waals surface area contributed by atoms with E-state index in [1.807, 2.05) is 0 Å². The highest BCUT2D eigenvalue weighted by atomic mass is 19.1. The maximum atomic E-state index is 13.9. The molecule has 2 aromatic heterocycles. The maximum Gasteiger partial charge on any atom is 0.256 e. The van der Waals surface area contributed by atoms with E-state index in [0.29, 0.717) is 47.9 Å². The minimum Gasteiger partial charge on any atom is -0.443 e. The van der Waals surface area contributed by atoms with Crippen LogP contribution in [0.2, 0.25) is 0 Å². The monoisotopic (exact) mass is 459 g/mol. The van der Waals surface area contributed by atoms with Gasteiger partial charge >= 0.3 is 0 Å². The lowest BCUT2D eigenvalue weighted by atomic mass is 10.1. The van der Waals surface area contributed by atoms with E-state index in [2.05, 4.69) is 9.97 Å².